The van der Waals surface area contributed by atoms with Gasteiger partial charge in [0.25, 0.3) is 5.69 Å². The molecule has 2 N–H and O–H groups in total. The van der Waals surface area contributed by atoms with E-state index in [4.69, 9.17) is 9.90 Å². The number of thioether (sulfide) groups is 1. The lowest BCUT2D eigenvalue weighted by Gasteiger charge is -2.51. The normalized spacial score (nSPS) is 22.9. The number of hydrogen-bond acceptors (Lipinski definition) is 7. The van der Waals surface area contributed by atoms with Gasteiger partial charge in [-0.2, -0.15) is 20.5 Å². The molecule has 4 unspecified atom stereocenters. The number of phenolic OH excluding ortho intramolecular Hbond substituents is 2. The zero-order valence-corrected chi connectivity index (χ0v) is 33.3. The molecule has 0 aromatic heterocycles. The molecule has 5 rings (SSSR count). The quantitative estimate of drug-likeness (QED) is 0.0753. The zero-order valence-electron chi connectivity index (χ0n) is 32.5. The summed E-state index contributed by atoms with van der Waals surface area (Å²) in [6, 6.07) is 11.0. The highest BCUT2D eigenvalue weighted by molar-refractivity contribution is 7.99. The number of non-ortho nitro benzene ring substituents is 1. The fraction of sp³-hybridized carbons (Fsp3) is 0.667. The number of carbonyl (C=O) groups excluding carboxylic acids is 2. The zero-order chi connectivity index (χ0) is 40.5. The molecule has 2 fully saturated rings. The van der Waals surface area contributed by atoms with Crippen molar-refractivity contribution in [3.63, 3.8) is 0 Å². The Labute approximate surface area is 323 Å². The number of benzene rings is 2. The van der Waals surface area contributed by atoms with Crippen LogP contribution in [-0.4, -0.2) is 51.1 Å². The number of rotatable bonds is 16. The highest BCUT2D eigenvalue weighted by Gasteiger charge is 2.56. The van der Waals surface area contributed by atoms with Gasteiger partial charge in [0.2, 0.25) is 0 Å². The van der Waals surface area contributed by atoms with Gasteiger partial charge in [-0.25, -0.2) is 8.78 Å². The van der Waals surface area contributed by atoms with Gasteiger partial charge in [-0.1, -0.05) is 65.4 Å². The number of nitro benzene ring substituents is 1. The van der Waals surface area contributed by atoms with Crippen molar-refractivity contribution in [3.05, 3.63) is 63.7 Å². The van der Waals surface area contributed by atoms with Crippen LogP contribution in [-0.2, 0) is 16.0 Å². The third-order valence-electron chi connectivity index (χ3n) is 11.4. The topological polar surface area (TPSA) is 118 Å². The van der Waals surface area contributed by atoms with E-state index in [-0.39, 0.29) is 23.3 Å². The number of Topliss-reactive ketones (excluding diaryl/α,β-unsaturated/α-hetero) is 1. The maximum absolute atomic E-state index is 13.3. The predicted octanol–water partition coefficient (Wildman–Crippen LogP) is 12.1. The Balaban J connectivity index is 0.000000612. The second-order valence-electron chi connectivity index (χ2n) is 14.9. The molecule has 0 radical (unpaired) electrons. The van der Waals surface area contributed by atoms with Gasteiger partial charge >= 0.3 is 11.8 Å². The van der Waals surface area contributed by atoms with E-state index in [1.165, 1.54) is 73.9 Å². The summed E-state index contributed by atoms with van der Waals surface area (Å²) in [5.41, 5.74) is 2.58. The summed E-state index contributed by atoms with van der Waals surface area (Å²) in [6.45, 7) is 8.53. The number of phenols is 2. The molecule has 7 nitrogen and oxygen atoms in total. The maximum Gasteiger partial charge on any atom is 0.309 e. The van der Waals surface area contributed by atoms with Crippen LogP contribution in [0.2, 0.25) is 0 Å². The Kier molecular flexibility index (Phi) is 19.5. The first-order chi connectivity index (χ1) is 25.6. The van der Waals surface area contributed by atoms with Crippen molar-refractivity contribution < 1.29 is 42.3 Å². The number of alkyl halides is 4. The molecule has 0 heterocycles. The van der Waals surface area contributed by atoms with E-state index in [9.17, 15) is 37.6 Å². The van der Waals surface area contributed by atoms with E-state index in [0.717, 1.165) is 50.7 Å². The highest BCUT2D eigenvalue weighted by Crippen LogP contribution is 2.61. The number of unbranched alkanes of at least 4 members (excludes halogenated alkanes) is 6. The van der Waals surface area contributed by atoms with Gasteiger partial charge < -0.3 is 15.0 Å². The van der Waals surface area contributed by atoms with Crippen LogP contribution in [0.3, 0.4) is 0 Å². The largest absolute Gasteiger partial charge is 0.508 e. The summed E-state index contributed by atoms with van der Waals surface area (Å²) < 4.78 is 52.3. The lowest BCUT2D eigenvalue weighted by Crippen LogP contribution is -2.46. The number of fused-ring (bicyclic) bond motifs is 5. The SMILES string of the molecule is C=O.CC.CC12CCC3c4ccc(O)cc4C[C@@H](CCCCCCCCCSCCCC(F)(F)C(C)(F)F)C3C1CCC2=O.O=[N+]([O-])c1ccc(O)cc1. The number of nitro groups is 1. The van der Waals surface area contributed by atoms with Crippen LogP contribution >= 0.6 is 11.8 Å². The minimum atomic E-state index is -3.94. The van der Waals surface area contributed by atoms with Crippen molar-refractivity contribution in [1.29, 1.82) is 0 Å². The number of hydrogen-bond donors (Lipinski definition) is 2. The molecule has 2 aromatic rings. The summed E-state index contributed by atoms with van der Waals surface area (Å²) in [5.74, 6) is -3.42. The second-order valence-corrected chi connectivity index (χ2v) is 16.1. The van der Waals surface area contributed by atoms with Crippen LogP contribution in [0.15, 0.2) is 42.5 Å². The van der Waals surface area contributed by atoms with Crippen LogP contribution in [0.4, 0.5) is 23.2 Å². The van der Waals surface area contributed by atoms with Crippen LogP contribution in [0, 0.1) is 33.3 Å². The third kappa shape index (κ3) is 13.0. The van der Waals surface area contributed by atoms with E-state index in [0.29, 0.717) is 47.9 Å². The van der Waals surface area contributed by atoms with Gasteiger partial charge in [0.1, 0.15) is 24.1 Å². The van der Waals surface area contributed by atoms with Crippen molar-refractivity contribution in [2.75, 3.05) is 11.5 Å². The Morgan fingerprint density at radius 1 is 0.889 bits per heavy atom. The lowest BCUT2D eigenvalue weighted by molar-refractivity contribution is -0.384. The molecule has 5 atom stereocenters. The average molecular weight is 784 g/mol. The molecule has 54 heavy (non-hydrogen) atoms. The Hall–Kier alpha value is -3.15. The first kappa shape index (κ1) is 47.0. The van der Waals surface area contributed by atoms with Gasteiger partial charge in [-0.3, -0.25) is 14.9 Å². The summed E-state index contributed by atoms with van der Waals surface area (Å²) in [4.78, 5) is 30.4. The van der Waals surface area contributed by atoms with E-state index < -0.39 is 23.2 Å². The van der Waals surface area contributed by atoms with Crippen molar-refractivity contribution in [1.82, 2.24) is 0 Å². The summed E-state index contributed by atoms with van der Waals surface area (Å²) in [5, 5.41) is 28.9. The molecule has 0 spiro atoms. The molecule has 0 saturated heterocycles. The Bertz CT molecular complexity index is 1440. The van der Waals surface area contributed by atoms with Gasteiger partial charge in [0.05, 0.1) is 4.92 Å². The first-order valence-electron chi connectivity index (χ1n) is 19.5. The number of ketones is 1. The third-order valence-corrected chi connectivity index (χ3v) is 12.6. The lowest BCUT2D eigenvalue weighted by atomic mass is 9.52. The molecule has 2 saturated carbocycles. The molecule has 0 bridgehead atoms. The predicted molar refractivity (Wildman–Crippen MR) is 209 cm³/mol. The van der Waals surface area contributed by atoms with Crippen LogP contribution in [0.1, 0.15) is 135 Å². The standard InChI is InChI=1S/C33H48F4O2S.C6H5NO3.C2H6.CH2O/c1-31-18-16-27-26-13-12-25(38)22-24(26)21-23(30(27)28(31)14-15-29(31)39)11-8-6-4-3-5-7-9-19-40-20-10-17-33(36,37)32(2,34)35;8-6-3-1-5(2-4-6)7(9)10;2*1-2/h12-13,22-23,27-28,30,38H,3-11,14-21H2,1-2H3;1-4,8H;1-2H3;1H2/t23-,27?,28?,30?,31?;;;/m1.../s1. The average Bonchev–Trinajstić information content (AvgIpc) is 3.45. The van der Waals surface area contributed by atoms with Gasteiger partial charge in [0, 0.05) is 37.3 Å². The molecule has 3 aliphatic rings. The molecular formula is C42H61F4NO6S. The summed E-state index contributed by atoms with van der Waals surface area (Å²) in [7, 11) is 0. The van der Waals surface area contributed by atoms with Crippen LogP contribution < -0.4 is 0 Å². The van der Waals surface area contributed by atoms with Gasteiger partial charge in [0.15, 0.2) is 0 Å². The molecule has 12 heteroatoms. The first-order valence-corrected chi connectivity index (χ1v) is 20.7. The van der Waals surface area contributed by atoms with Crippen molar-refractivity contribution in [2.24, 2.45) is 23.2 Å². The molecule has 3 aliphatic carbocycles. The van der Waals surface area contributed by atoms with E-state index in [2.05, 4.69) is 13.0 Å². The van der Waals surface area contributed by atoms with Crippen LogP contribution in [0.5, 0.6) is 11.5 Å². The fourth-order valence-corrected chi connectivity index (χ4v) is 9.58. The molecule has 2 aromatic carbocycles. The van der Waals surface area contributed by atoms with Crippen molar-refractivity contribution >= 4 is 30.0 Å². The molecular weight excluding hydrogens is 723 g/mol. The Morgan fingerprint density at radius 3 is 2.07 bits per heavy atom. The molecule has 0 aliphatic heterocycles. The van der Waals surface area contributed by atoms with Gasteiger partial charge in [-0.15, -0.1) is 0 Å². The van der Waals surface area contributed by atoms with Gasteiger partial charge in [-0.05, 0) is 116 Å². The number of aromatic hydroxyl groups is 2. The van der Waals surface area contributed by atoms with Crippen molar-refractivity contribution in [3.8, 4) is 11.5 Å². The molecule has 304 valence electrons. The van der Waals surface area contributed by atoms with E-state index in [1.54, 1.807) is 11.8 Å². The molecule has 0 amide bonds. The van der Waals surface area contributed by atoms with Crippen LogP contribution in [0.25, 0.3) is 0 Å². The minimum absolute atomic E-state index is 0.0159. The Morgan fingerprint density at radius 2 is 1.46 bits per heavy atom. The van der Waals surface area contributed by atoms with E-state index >= 15 is 0 Å². The smallest absolute Gasteiger partial charge is 0.309 e. The number of carbonyl (C=O) groups is 2. The maximum atomic E-state index is 13.3. The number of nitrogens with zero attached hydrogens (tertiary/aromatic N) is 1. The minimum Gasteiger partial charge on any atom is -0.508 e. The summed E-state index contributed by atoms with van der Waals surface area (Å²) in [6.07, 6.45) is 13.6. The van der Waals surface area contributed by atoms with E-state index in [1.807, 2.05) is 32.8 Å². The van der Waals surface area contributed by atoms with Crippen molar-refractivity contribution in [2.45, 2.75) is 142 Å². The number of halogens is 4. The second kappa shape index (κ2) is 22.4. The summed E-state index contributed by atoms with van der Waals surface area (Å²) >= 11 is 1.59. The fourth-order valence-electron chi connectivity index (χ4n) is 8.62. The monoisotopic (exact) mass is 783 g/mol. The highest BCUT2D eigenvalue weighted by atomic mass is 32.2.